The second kappa shape index (κ2) is 9.84. The Morgan fingerprint density at radius 2 is 1.69 bits per heavy atom. The van der Waals surface area contributed by atoms with Crippen molar-refractivity contribution in [1.82, 2.24) is 10.6 Å². The van der Waals surface area contributed by atoms with Crippen molar-refractivity contribution in [3.8, 4) is 11.5 Å². The average Bonchev–Trinajstić information content (AvgIpc) is 2.82. The summed E-state index contributed by atoms with van der Waals surface area (Å²) in [6, 6.07) is 16.1. The van der Waals surface area contributed by atoms with Gasteiger partial charge in [0.25, 0.3) is 0 Å². The number of benzene rings is 2. The van der Waals surface area contributed by atoms with E-state index in [1.54, 1.807) is 14.0 Å². The van der Waals surface area contributed by atoms with Crippen molar-refractivity contribution in [2.45, 2.75) is 31.6 Å². The molecule has 2 aromatic rings. The molecule has 2 heterocycles. The summed E-state index contributed by atoms with van der Waals surface area (Å²) < 4.78 is 11.6. The lowest BCUT2D eigenvalue weighted by Crippen LogP contribution is -2.49. The van der Waals surface area contributed by atoms with Gasteiger partial charge in [0.05, 0.1) is 5.92 Å². The summed E-state index contributed by atoms with van der Waals surface area (Å²) in [6.45, 7) is 3.97. The number of ether oxygens (including phenoxy) is 2. The molecular formula is C26H32N2O4. The van der Waals surface area contributed by atoms with Gasteiger partial charge in [0, 0.05) is 55.8 Å². The first-order chi connectivity index (χ1) is 15.5. The molecule has 1 fully saturated rings. The zero-order valence-electron chi connectivity index (χ0n) is 18.9. The summed E-state index contributed by atoms with van der Waals surface area (Å²) in [5.41, 5.74) is 1.75. The molecule has 0 saturated carbocycles. The van der Waals surface area contributed by atoms with E-state index >= 15 is 0 Å². The number of ketones is 1. The van der Waals surface area contributed by atoms with Gasteiger partial charge in [-0.25, -0.2) is 0 Å². The Balaban J connectivity index is 1.63. The van der Waals surface area contributed by atoms with E-state index in [2.05, 4.69) is 22.8 Å². The fraction of sp³-hybridized carbons (Fsp3) is 0.462. The molecule has 1 amide bonds. The summed E-state index contributed by atoms with van der Waals surface area (Å²) in [5.74, 6) is 1.48. The predicted octanol–water partition coefficient (Wildman–Crippen LogP) is 3.44. The first kappa shape index (κ1) is 22.5. The van der Waals surface area contributed by atoms with Crippen LogP contribution in [0.4, 0.5) is 0 Å². The molecule has 4 rings (SSSR count). The van der Waals surface area contributed by atoms with Gasteiger partial charge in [-0.2, -0.15) is 0 Å². The van der Waals surface area contributed by atoms with E-state index in [1.165, 1.54) is 0 Å². The summed E-state index contributed by atoms with van der Waals surface area (Å²) in [4.78, 5) is 25.0. The molecule has 0 unspecified atom stereocenters. The van der Waals surface area contributed by atoms with Crippen LogP contribution in [0.2, 0.25) is 0 Å². The number of para-hydroxylation sites is 2. The van der Waals surface area contributed by atoms with E-state index in [4.69, 9.17) is 9.47 Å². The highest BCUT2D eigenvalue weighted by atomic mass is 16.5. The minimum atomic E-state index is -0.415. The van der Waals surface area contributed by atoms with Crippen LogP contribution in [0.1, 0.15) is 37.3 Å². The van der Waals surface area contributed by atoms with Crippen LogP contribution in [0.5, 0.6) is 11.5 Å². The number of carbonyl (C=O) groups is 2. The second-order valence-corrected chi connectivity index (χ2v) is 8.89. The largest absolute Gasteiger partial charge is 0.457 e. The van der Waals surface area contributed by atoms with Gasteiger partial charge in [0.15, 0.2) is 0 Å². The number of nitrogens with one attached hydrogen (secondary N) is 2. The van der Waals surface area contributed by atoms with E-state index in [0.717, 1.165) is 35.5 Å². The highest BCUT2D eigenvalue weighted by molar-refractivity contribution is 5.83. The molecule has 0 bridgehead atoms. The maximum Gasteiger partial charge on any atom is 0.224 e. The van der Waals surface area contributed by atoms with Crippen molar-refractivity contribution in [1.29, 1.82) is 0 Å². The Labute approximate surface area is 189 Å². The number of methoxy groups -OCH3 is 1. The van der Waals surface area contributed by atoms with Crippen molar-refractivity contribution < 1.29 is 19.1 Å². The smallest absolute Gasteiger partial charge is 0.224 e. The number of amides is 1. The second-order valence-electron chi connectivity index (χ2n) is 8.89. The van der Waals surface area contributed by atoms with Crippen molar-refractivity contribution in [2.75, 3.05) is 33.4 Å². The van der Waals surface area contributed by atoms with E-state index in [0.29, 0.717) is 32.7 Å². The third-order valence-electron chi connectivity index (χ3n) is 6.84. The number of hydrogen-bond donors (Lipinski definition) is 2. The number of hydrogen-bond acceptors (Lipinski definition) is 5. The molecule has 0 spiro atoms. The van der Waals surface area contributed by atoms with Gasteiger partial charge in [-0.15, -0.1) is 0 Å². The first-order valence-corrected chi connectivity index (χ1v) is 11.4. The van der Waals surface area contributed by atoms with Crippen molar-refractivity contribution >= 4 is 11.7 Å². The molecule has 2 atom stereocenters. The van der Waals surface area contributed by atoms with Crippen LogP contribution in [-0.4, -0.2) is 45.0 Å². The topological polar surface area (TPSA) is 76.7 Å². The highest BCUT2D eigenvalue weighted by Gasteiger charge is 2.42. The zero-order chi connectivity index (χ0) is 22.6. The maximum atomic E-state index is 13.2. The minimum absolute atomic E-state index is 0.00368. The normalized spacial score (nSPS) is 21.1. The van der Waals surface area contributed by atoms with Crippen molar-refractivity contribution in [2.24, 2.45) is 11.8 Å². The lowest BCUT2D eigenvalue weighted by molar-refractivity contribution is -0.128. The summed E-state index contributed by atoms with van der Waals surface area (Å²) in [6.07, 6.45) is 2.27. The molecule has 2 aliphatic heterocycles. The molecule has 170 valence electrons. The van der Waals surface area contributed by atoms with Gasteiger partial charge in [-0.05, 0) is 38.3 Å². The quantitative estimate of drug-likeness (QED) is 0.620. The van der Waals surface area contributed by atoms with Crippen LogP contribution in [-0.2, 0) is 19.7 Å². The zero-order valence-corrected chi connectivity index (χ0v) is 18.9. The van der Waals surface area contributed by atoms with Crippen molar-refractivity contribution in [3.63, 3.8) is 0 Å². The predicted molar refractivity (Wildman–Crippen MR) is 123 cm³/mol. The standard InChI is InChI=1S/C26H32N2O4/c1-18(29)19-14-20(16-27-15-19)25(30)28-17-26(12-7-13-31-2)21-8-3-5-10-23(21)32-24-11-6-4-9-22(24)26/h3-6,8-11,19-20,27H,7,12-17H2,1-2H3,(H,28,30)/t19-,20+/m1/s1. The number of carbonyl (C=O) groups excluding carboxylic acids is 2. The van der Waals surface area contributed by atoms with Crippen LogP contribution < -0.4 is 15.4 Å². The van der Waals surface area contributed by atoms with Gasteiger partial charge in [0.1, 0.15) is 17.3 Å². The monoisotopic (exact) mass is 436 g/mol. The fourth-order valence-corrected chi connectivity index (χ4v) is 5.07. The molecule has 0 aliphatic carbocycles. The SMILES string of the molecule is COCCCC1(CNC(=O)[C@@H]2CNC[C@H](C(C)=O)C2)c2ccccc2Oc2ccccc21. The molecule has 2 aliphatic rings. The van der Waals surface area contributed by atoms with Gasteiger partial charge in [0.2, 0.25) is 5.91 Å². The summed E-state index contributed by atoms with van der Waals surface area (Å²) in [5, 5.41) is 6.49. The van der Waals surface area contributed by atoms with Crippen LogP contribution in [0, 0.1) is 11.8 Å². The van der Waals surface area contributed by atoms with Crippen molar-refractivity contribution in [3.05, 3.63) is 59.7 Å². The lowest BCUT2D eigenvalue weighted by Gasteiger charge is -2.41. The number of piperidine rings is 1. The highest BCUT2D eigenvalue weighted by Crippen LogP contribution is 2.50. The number of rotatable bonds is 8. The maximum absolute atomic E-state index is 13.2. The minimum Gasteiger partial charge on any atom is -0.457 e. The van der Waals surface area contributed by atoms with Gasteiger partial charge >= 0.3 is 0 Å². The Kier molecular flexibility index (Phi) is 6.92. The molecule has 6 nitrogen and oxygen atoms in total. The number of fused-ring (bicyclic) bond motifs is 2. The van der Waals surface area contributed by atoms with E-state index in [1.807, 2.05) is 36.4 Å². The van der Waals surface area contributed by atoms with Gasteiger partial charge in [-0.1, -0.05) is 36.4 Å². The van der Waals surface area contributed by atoms with E-state index in [-0.39, 0.29) is 23.5 Å². The van der Waals surface area contributed by atoms with Gasteiger partial charge < -0.3 is 20.1 Å². The fourth-order valence-electron chi connectivity index (χ4n) is 5.07. The van der Waals surface area contributed by atoms with Crippen LogP contribution in [0.15, 0.2) is 48.5 Å². The number of Topliss-reactive ketones (excluding diaryl/α,β-unsaturated/α-hetero) is 1. The molecule has 6 heteroatoms. The molecule has 1 saturated heterocycles. The molecule has 2 aromatic carbocycles. The first-order valence-electron chi connectivity index (χ1n) is 11.4. The Morgan fingerprint density at radius 3 is 2.31 bits per heavy atom. The third-order valence-corrected chi connectivity index (χ3v) is 6.84. The molecule has 0 radical (unpaired) electrons. The van der Waals surface area contributed by atoms with Crippen LogP contribution in [0.3, 0.4) is 0 Å². The Bertz CT molecular complexity index is 928. The van der Waals surface area contributed by atoms with Crippen LogP contribution in [0.25, 0.3) is 0 Å². The summed E-state index contributed by atoms with van der Waals surface area (Å²) >= 11 is 0. The molecular weight excluding hydrogens is 404 g/mol. The molecule has 2 N–H and O–H groups in total. The molecule has 32 heavy (non-hydrogen) atoms. The van der Waals surface area contributed by atoms with E-state index in [9.17, 15) is 9.59 Å². The summed E-state index contributed by atoms with van der Waals surface area (Å²) in [7, 11) is 1.71. The van der Waals surface area contributed by atoms with Gasteiger partial charge in [-0.3, -0.25) is 9.59 Å². The molecule has 0 aromatic heterocycles. The Hall–Kier alpha value is -2.70. The third kappa shape index (κ3) is 4.43. The Morgan fingerprint density at radius 1 is 1.06 bits per heavy atom. The lowest BCUT2D eigenvalue weighted by atomic mass is 9.69. The van der Waals surface area contributed by atoms with Crippen LogP contribution >= 0.6 is 0 Å². The van der Waals surface area contributed by atoms with E-state index < -0.39 is 5.41 Å². The average molecular weight is 437 g/mol.